The lowest BCUT2D eigenvalue weighted by atomic mass is 10.0. The minimum absolute atomic E-state index is 0.386. The van der Waals surface area contributed by atoms with Gasteiger partial charge in [0.15, 0.2) is 0 Å². The highest BCUT2D eigenvalue weighted by atomic mass is 79.9. The quantitative estimate of drug-likeness (QED) is 0.709. The van der Waals surface area contributed by atoms with Crippen LogP contribution < -0.4 is 0 Å². The molecule has 0 aromatic heterocycles. The van der Waals surface area contributed by atoms with E-state index in [1.165, 1.54) is 12.8 Å². The number of nitrogens with zero attached hydrogens (tertiary/aromatic N) is 1. The maximum atomic E-state index is 12.1. The highest BCUT2D eigenvalue weighted by Crippen LogP contribution is 2.38. The lowest BCUT2D eigenvalue weighted by molar-refractivity contribution is -0.136. The minimum atomic E-state index is 0.386. The van der Waals surface area contributed by atoms with Crippen molar-refractivity contribution < 1.29 is 4.79 Å². The number of carbonyl (C=O) groups excluding carboxylic acids is 1. The van der Waals surface area contributed by atoms with Crippen LogP contribution in [0.1, 0.15) is 46.0 Å². The zero-order chi connectivity index (χ0) is 11.0. The van der Waals surface area contributed by atoms with Gasteiger partial charge in [-0.05, 0) is 31.6 Å². The molecule has 2 saturated heterocycles. The van der Waals surface area contributed by atoms with Crippen LogP contribution in [-0.2, 0) is 4.79 Å². The van der Waals surface area contributed by atoms with Crippen LogP contribution in [0.3, 0.4) is 0 Å². The molecule has 2 unspecified atom stereocenters. The van der Waals surface area contributed by atoms with Crippen molar-refractivity contribution in [3.05, 3.63) is 0 Å². The molecule has 2 aliphatic heterocycles. The summed E-state index contributed by atoms with van der Waals surface area (Å²) in [5.41, 5.74) is 0. The lowest BCUT2D eigenvalue weighted by Gasteiger charge is -2.37. The molecule has 0 radical (unpaired) electrons. The van der Waals surface area contributed by atoms with Gasteiger partial charge in [-0.15, -0.1) is 0 Å². The van der Waals surface area contributed by atoms with Crippen molar-refractivity contribution >= 4 is 21.8 Å². The third-order valence-electron chi connectivity index (χ3n) is 3.55. The van der Waals surface area contributed by atoms with E-state index in [9.17, 15) is 4.79 Å². The van der Waals surface area contributed by atoms with Crippen LogP contribution in [0.5, 0.6) is 0 Å². The second-order valence-corrected chi connectivity index (χ2v) is 6.65. The second-order valence-electron chi connectivity index (χ2n) is 5.35. The van der Waals surface area contributed by atoms with Gasteiger partial charge in [-0.2, -0.15) is 0 Å². The predicted octanol–water partition coefficient (Wildman–Crippen LogP) is 2.95. The molecular formula is C12H20BrNO. The van der Waals surface area contributed by atoms with Crippen LogP contribution in [0.4, 0.5) is 0 Å². The van der Waals surface area contributed by atoms with Crippen molar-refractivity contribution in [3.8, 4) is 0 Å². The van der Waals surface area contributed by atoms with E-state index in [1.807, 2.05) is 0 Å². The summed E-state index contributed by atoms with van der Waals surface area (Å²) < 4.78 is 0. The van der Waals surface area contributed by atoms with Gasteiger partial charge in [0.1, 0.15) is 0 Å². The van der Waals surface area contributed by atoms with Gasteiger partial charge < -0.3 is 4.90 Å². The van der Waals surface area contributed by atoms with Crippen LogP contribution in [0.2, 0.25) is 0 Å². The van der Waals surface area contributed by atoms with E-state index in [0.717, 1.165) is 19.3 Å². The number of alkyl halides is 1. The van der Waals surface area contributed by atoms with Gasteiger partial charge in [-0.1, -0.05) is 29.8 Å². The highest BCUT2D eigenvalue weighted by Gasteiger charge is 2.42. The number of halogens is 1. The minimum Gasteiger partial charge on any atom is -0.337 e. The maximum absolute atomic E-state index is 12.1. The zero-order valence-corrected chi connectivity index (χ0v) is 11.2. The number of amides is 1. The van der Waals surface area contributed by atoms with Gasteiger partial charge in [0, 0.05) is 23.3 Å². The van der Waals surface area contributed by atoms with Crippen LogP contribution in [0, 0.1) is 5.92 Å². The Hall–Kier alpha value is -0.0500. The molecule has 2 atom stereocenters. The van der Waals surface area contributed by atoms with Gasteiger partial charge >= 0.3 is 0 Å². The van der Waals surface area contributed by atoms with E-state index in [-0.39, 0.29) is 0 Å². The van der Waals surface area contributed by atoms with Crippen molar-refractivity contribution in [1.29, 1.82) is 0 Å². The summed E-state index contributed by atoms with van der Waals surface area (Å²) in [7, 11) is 0. The van der Waals surface area contributed by atoms with E-state index < -0.39 is 0 Å². The molecule has 2 nitrogen and oxygen atoms in total. The summed E-state index contributed by atoms with van der Waals surface area (Å²) in [4.78, 5) is 14.9. The predicted molar refractivity (Wildman–Crippen MR) is 65.1 cm³/mol. The monoisotopic (exact) mass is 273 g/mol. The summed E-state index contributed by atoms with van der Waals surface area (Å²) in [5.74, 6) is 0.871. The Morgan fingerprint density at radius 2 is 1.87 bits per heavy atom. The van der Waals surface area contributed by atoms with E-state index in [0.29, 0.717) is 28.7 Å². The van der Waals surface area contributed by atoms with Crippen molar-refractivity contribution in [2.75, 3.05) is 0 Å². The van der Waals surface area contributed by atoms with Gasteiger partial charge in [-0.25, -0.2) is 0 Å². The number of fused-ring (bicyclic) bond motifs is 2. The fourth-order valence-corrected chi connectivity index (χ4v) is 3.84. The first-order chi connectivity index (χ1) is 7.08. The van der Waals surface area contributed by atoms with Gasteiger partial charge in [-0.3, -0.25) is 4.79 Å². The molecular weight excluding hydrogens is 254 g/mol. The fourth-order valence-electron chi connectivity index (χ4n) is 2.97. The molecule has 3 heteroatoms. The average molecular weight is 274 g/mol. The van der Waals surface area contributed by atoms with Gasteiger partial charge in [0.2, 0.25) is 5.91 Å². The molecule has 86 valence electrons. The molecule has 15 heavy (non-hydrogen) atoms. The molecule has 2 aliphatic rings. The number of hydrogen-bond acceptors (Lipinski definition) is 1. The summed E-state index contributed by atoms with van der Waals surface area (Å²) in [6.07, 6.45) is 5.47. The highest BCUT2D eigenvalue weighted by molar-refractivity contribution is 9.09. The van der Waals surface area contributed by atoms with Crippen molar-refractivity contribution in [1.82, 2.24) is 4.90 Å². The summed E-state index contributed by atoms with van der Waals surface area (Å²) in [6, 6.07) is 1.05. The van der Waals surface area contributed by atoms with E-state index in [1.54, 1.807) is 0 Å². The van der Waals surface area contributed by atoms with Crippen molar-refractivity contribution in [2.45, 2.75) is 62.9 Å². The average Bonchev–Trinajstić information content (AvgIpc) is 2.38. The molecule has 0 N–H and O–H groups in total. The Bertz CT molecular complexity index is 240. The van der Waals surface area contributed by atoms with E-state index >= 15 is 0 Å². The SMILES string of the molecule is CC(C)CC(=O)N1C2CCC1CC(Br)C2. The molecule has 2 rings (SSSR count). The van der Waals surface area contributed by atoms with Crippen molar-refractivity contribution in [2.24, 2.45) is 5.92 Å². The topological polar surface area (TPSA) is 20.3 Å². The molecule has 0 aliphatic carbocycles. The molecule has 0 saturated carbocycles. The first-order valence-electron chi connectivity index (χ1n) is 6.03. The van der Waals surface area contributed by atoms with E-state index in [2.05, 4.69) is 34.7 Å². The van der Waals surface area contributed by atoms with Crippen LogP contribution >= 0.6 is 15.9 Å². The van der Waals surface area contributed by atoms with Crippen LogP contribution in [0.25, 0.3) is 0 Å². The third-order valence-corrected chi connectivity index (χ3v) is 4.29. The number of piperidine rings is 1. The molecule has 1 amide bonds. The first kappa shape index (κ1) is 11.4. The molecule has 0 aromatic carbocycles. The molecule has 2 heterocycles. The van der Waals surface area contributed by atoms with Crippen LogP contribution in [-0.4, -0.2) is 27.7 Å². The van der Waals surface area contributed by atoms with E-state index in [4.69, 9.17) is 0 Å². The second kappa shape index (κ2) is 4.44. The van der Waals surface area contributed by atoms with Gasteiger partial charge in [0.05, 0.1) is 0 Å². The Morgan fingerprint density at radius 1 is 1.33 bits per heavy atom. The number of hydrogen-bond donors (Lipinski definition) is 0. The Kier molecular flexibility index (Phi) is 3.39. The number of carbonyl (C=O) groups is 1. The zero-order valence-electron chi connectivity index (χ0n) is 9.58. The maximum Gasteiger partial charge on any atom is 0.223 e. The molecule has 0 spiro atoms. The Labute approximate surface area is 101 Å². The smallest absolute Gasteiger partial charge is 0.223 e. The fraction of sp³-hybridized carbons (Fsp3) is 0.917. The van der Waals surface area contributed by atoms with Crippen LogP contribution in [0.15, 0.2) is 0 Å². The molecule has 0 aromatic rings. The summed E-state index contributed by atoms with van der Waals surface area (Å²) in [6.45, 7) is 4.24. The Morgan fingerprint density at radius 3 is 2.33 bits per heavy atom. The first-order valence-corrected chi connectivity index (χ1v) is 6.94. The standard InChI is InChI=1S/C12H20BrNO/c1-8(2)5-12(15)14-10-3-4-11(14)7-9(13)6-10/h8-11H,3-7H2,1-2H3. The summed E-state index contributed by atoms with van der Waals surface area (Å²) >= 11 is 3.70. The lowest BCUT2D eigenvalue weighted by Crippen LogP contribution is -2.47. The third kappa shape index (κ3) is 2.38. The summed E-state index contributed by atoms with van der Waals surface area (Å²) in [5, 5.41) is 0. The number of rotatable bonds is 2. The van der Waals surface area contributed by atoms with Crippen molar-refractivity contribution in [3.63, 3.8) is 0 Å². The van der Waals surface area contributed by atoms with Gasteiger partial charge in [0.25, 0.3) is 0 Å². The normalized spacial score (nSPS) is 34.9. The molecule has 2 bridgehead atoms. The Balaban J connectivity index is 2.01. The molecule has 2 fully saturated rings. The largest absolute Gasteiger partial charge is 0.337 e.